The van der Waals surface area contributed by atoms with Gasteiger partial charge in [-0.05, 0) is 44.6 Å². The van der Waals surface area contributed by atoms with E-state index in [1.165, 1.54) is 12.6 Å². The molecule has 0 aromatic rings. The van der Waals surface area contributed by atoms with Crippen LogP contribution in [0.3, 0.4) is 0 Å². The summed E-state index contributed by atoms with van der Waals surface area (Å²) in [7, 11) is 3.55. The largest absolute Gasteiger partial charge is 0.490 e. The molecular weight excluding hydrogens is 476 g/mol. The summed E-state index contributed by atoms with van der Waals surface area (Å²) in [5, 5.41) is 11.8. The topological polar surface area (TPSA) is 96.1 Å². The number of allylic oxidation sites excluding steroid dienone is 3. The molecular formula is C31H52N4O3. The molecule has 1 fully saturated rings. The predicted molar refractivity (Wildman–Crippen MR) is 160 cm³/mol. The second-order valence-electron chi connectivity index (χ2n) is 10.1. The van der Waals surface area contributed by atoms with E-state index in [0.717, 1.165) is 74.8 Å². The Morgan fingerprint density at radius 2 is 1.76 bits per heavy atom. The van der Waals surface area contributed by atoms with Gasteiger partial charge in [0.25, 0.3) is 0 Å². The molecule has 2 N–H and O–H groups in total. The minimum absolute atomic E-state index is 0.192. The molecule has 0 spiro atoms. The van der Waals surface area contributed by atoms with Gasteiger partial charge < -0.3 is 20.2 Å². The molecule has 1 aliphatic rings. The summed E-state index contributed by atoms with van der Waals surface area (Å²) in [6.45, 7) is 12.5. The van der Waals surface area contributed by atoms with E-state index in [9.17, 15) is 4.79 Å². The lowest BCUT2D eigenvalue weighted by Gasteiger charge is -2.42. The Morgan fingerprint density at radius 3 is 2.32 bits per heavy atom. The first-order valence-electron chi connectivity index (χ1n) is 14.4. The molecule has 3 atom stereocenters. The third kappa shape index (κ3) is 10.2. The summed E-state index contributed by atoms with van der Waals surface area (Å²) in [6.07, 6.45) is 16.6. The summed E-state index contributed by atoms with van der Waals surface area (Å²) in [5.41, 5.74) is 1.26. The standard InChI is InChI=1S/C31H52N4O3/c1-8-17-26(30(34-7)35-23-33-6)21-20-24(4)31(10-3,22-32)29-27(9-2)38-28(36)19-16-14-12-11-13-15-18-25(5)37-29/h20-23,27,29,32H,5,8-19H2,1-4,6-7H3,(H,33,34,35)/b24-20+,26-21+,32-22?/t27?,29?,31-/m1/s1. The number of cyclic esters (lactones) is 1. The Hall–Kier alpha value is -2.70. The Bertz CT molecular complexity index is 874. The maximum absolute atomic E-state index is 12.8. The van der Waals surface area contributed by atoms with Gasteiger partial charge in [0.2, 0.25) is 0 Å². The number of carbonyl (C=O) groups is 1. The Labute approximate surface area is 231 Å². The molecule has 1 saturated heterocycles. The average Bonchev–Trinajstić information content (AvgIpc) is 2.92. The van der Waals surface area contributed by atoms with E-state index in [1.807, 2.05) is 20.9 Å². The predicted octanol–water partition coefficient (Wildman–Crippen LogP) is 7.34. The van der Waals surface area contributed by atoms with Crippen LogP contribution in [0.1, 0.15) is 105 Å². The van der Waals surface area contributed by atoms with Crippen molar-refractivity contribution in [1.29, 1.82) is 5.41 Å². The number of nitrogens with one attached hydrogen (secondary N) is 2. The van der Waals surface area contributed by atoms with E-state index in [-0.39, 0.29) is 5.97 Å². The maximum atomic E-state index is 12.8. The molecule has 0 saturated carbocycles. The summed E-state index contributed by atoms with van der Waals surface area (Å²) < 4.78 is 12.6. The first kappa shape index (κ1) is 33.3. The van der Waals surface area contributed by atoms with Crippen LogP contribution in [0.4, 0.5) is 0 Å². The van der Waals surface area contributed by atoms with E-state index in [1.54, 1.807) is 7.05 Å². The van der Waals surface area contributed by atoms with Crippen LogP contribution in [0.25, 0.3) is 0 Å². The molecule has 0 radical (unpaired) electrons. The van der Waals surface area contributed by atoms with Crippen molar-refractivity contribution in [2.24, 2.45) is 15.4 Å². The first-order chi connectivity index (χ1) is 18.3. The van der Waals surface area contributed by atoms with Crippen molar-refractivity contribution >= 4 is 24.4 Å². The quantitative estimate of drug-likeness (QED) is 0.134. The SMILES string of the molecule is C=C1CCCCCCCCC(=O)OC(CC)C([C@@](C=N)(CC)/C(C)=C/C=C(CCC)/C(=N\C=N/C)NC)O1. The fourth-order valence-corrected chi connectivity index (χ4v) is 4.99. The highest BCUT2D eigenvalue weighted by atomic mass is 16.6. The fraction of sp³-hybridized carbons (Fsp3) is 0.677. The second-order valence-corrected chi connectivity index (χ2v) is 10.1. The van der Waals surface area contributed by atoms with Gasteiger partial charge in [-0.25, -0.2) is 4.99 Å². The molecule has 7 heteroatoms. The lowest BCUT2D eigenvalue weighted by atomic mass is 9.71. The number of rotatable bonds is 10. The van der Waals surface area contributed by atoms with E-state index < -0.39 is 17.6 Å². The summed E-state index contributed by atoms with van der Waals surface area (Å²) in [4.78, 5) is 21.2. The van der Waals surface area contributed by atoms with E-state index in [0.29, 0.717) is 25.0 Å². The zero-order valence-corrected chi connectivity index (χ0v) is 24.8. The van der Waals surface area contributed by atoms with Gasteiger partial charge in [0, 0.05) is 33.2 Å². The molecule has 38 heavy (non-hydrogen) atoms. The molecule has 0 bridgehead atoms. The highest BCUT2D eigenvalue weighted by Crippen LogP contribution is 2.40. The molecule has 1 heterocycles. The zero-order valence-electron chi connectivity index (χ0n) is 24.8. The number of ether oxygens (including phenoxy) is 2. The van der Waals surface area contributed by atoms with Gasteiger partial charge >= 0.3 is 5.97 Å². The van der Waals surface area contributed by atoms with Gasteiger partial charge in [-0.3, -0.25) is 9.79 Å². The molecule has 7 nitrogen and oxygen atoms in total. The first-order valence-corrected chi connectivity index (χ1v) is 14.4. The normalized spacial score (nSPS) is 23.3. The van der Waals surface area contributed by atoms with Gasteiger partial charge in [-0.15, -0.1) is 0 Å². The number of aliphatic imine (C=N–C) groups is 2. The minimum Gasteiger partial charge on any atom is -0.490 e. The molecule has 214 valence electrons. The molecule has 0 aromatic carbocycles. The fourth-order valence-electron chi connectivity index (χ4n) is 4.99. The lowest BCUT2D eigenvalue weighted by Crippen LogP contribution is -2.48. The molecule has 2 unspecified atom stereocenters. The highest BCUT2D eigenvalue weighted by molar-refractivity contribution is 6.02. The molecule has 0 aliphatic carbocycles. The monoisotopic (exact) mass is 528 g/mol. The number of nitrogens with zero attached hydrogens (tertiary/aromatic N) is 2. The van der Waals surface area contributed by atoms with Gasteiger partial charge in [-0.1, -0.05) is 77.2 Å². The average molecular weight is 529 g/mol. The van der Waals surface area contributed by atoms with Crippen molar-refractivity contribution < 1.29 is 14.3 Å². The smallest absolute Gasteiger partial charge is 0.306 e. The van der Waals surface area contributed by atoms with Gasteiger partial charge in [-0.2, -0.15) is 0 Å². The zero-order chi connectivity index (χ0) is 28.4. The van der Waals surface area contributed by atoms with Crippen LogP contribution in [0.15, 0.2) is 45.6 Å². The molecule has 0 aromatic heterocycles. The van der Waals surface area contributed by atoms with E-state index >= 15 is 0 Å². The summed E-state index contributed by atoms with van der Waals surface area (Å²) >= 11 is 0. The second kappa shape index (κ2) is 18.5. The van der Waals surface area contributed by atoms with Crippen molar-refractivity contribution in [2.45, 2.75) is 117 Å². The number of amidine groups is 1. The molecule has 0 amide bonds. The number of hydrogen-bond acceptors (Lipinski definition) is 5. The number of likely N-dealkylation sites (N-methyl/N-ethyl adjacent to an activating group) is 1. The van der Waals surface area contributed by atoms with Crippen LogP contribution in [0, 0.1) is 10.8 Å². The van der Waals surface area contributed by atoms with Gasteiger partial charge in [0.1, 0.15) is 24.4 Å². The van der Waals surface area contributed by atoms with Crippen molar-refractivity contribution in [2.75, 3.05) is 14.1 Å². The van der Waals surface area contributed by atoms with E-state index in [2.05, 4.69) is 47.9 Å². The van der Waals surface area contributed by atoms with Crippen LogP contribution in [0.5, 0.6) is 0 Å². The van der Waals surface area contributed by atoms with E-state index in [4.69, 9.17) is 14.9 Å². The van der Waals surface area contributed by atoms with Gasteiger partial charge in [0.05, 0.1) is 11.2 Å². The summed E-state index contributed by atoms with van der Waals surface area (Å²) in [6, 6.07) is 0. The lowest BCUT2D eigenvalue weighted by molar-refractivity contribution is -0.160. The van der Waals surface area contributed by atoms with Gasteiger partial charge in [0.15, 0.2) is 0 Å². The van der Waals surface area contributed by atoms with Crippen molar-refractivity contribution in [3.8, 4) is 0 Å². The third-order valence-corrected chi connectivity index (χ3v) is 7.38. The Balaban J connectivity index is 3.56. The van der Waals surface area contributed by atoms with Crippen molar-refractivity contribution in [3.05, 3.63) is 35.6 Å². The minimum atomic E-state index is -0.767. The number of hydrogen-bond donors (Lipinski definition) is 2. The highest BCUT2D eigenvalue weighted by Gasteiger charge is 2.45. The number of carbonyl (C=O) groups excluding carboxylic acids is 1. The van der Waals surface area contributed by atoms with Crippen LogP contribution < -0.4 is 5.32 Å². The summed E-state index contributed by atoms with van der Waals surface area (Å²) in [5.74, 6) is 1.27. The Morgan fingerprint density at radius 1 is 1.11 bits per heavy atom. The molecule has 1 rings (SSSR count). The van der Waals surface area contributed by atoms with Crippen molar-refractivity contribution in [3.63, 3.8) is 0 Å². The number of esters is 1. The van der Waals surface area contributed by atoms with Crippen LogP contribution in [-0.2, 0) is 14.3 Å². The van der Waals surface area contributed by atoms with Crippen LogP contribution >= 0.6 is 0 Å². The third-order valence-electron chi connectivity index (χ3n) is 7.38. The maximum Gasteiger partial charge on any atom is 0.306 e. The van der Waals surface area contributed by atoms with Crippen LogP contribution in [-0.4, -0.2) is 50.7 Å². The van der Waals surface area contributed by atoms with Crippen molar-refractivity contribution in [1.82, 2.24) is 5.32 Å². The molecule has 1 aliphatic heterocycles. The van der Waals surface area contributed by atoms with Crippen LogP contribution in [0.2, 0.25) is 0 Å². The Kier molecular flexibility index (Phi) is 16.3.